The Kier molecular flexibility index (Phi) is 6.77. The first-order valence-corrected chi connectivity index (χ1v) is 10.5. The fraction of sp³-hybridized carbons (Fsp3) is 0.478. The minimum atomic E-state index is -0.934. The predicted molar refractivity (Wildman–Crippen MR) is 115 cm³/mol. The van der Waals surface area contributed by atoms with Crippen LogP contribution in [0.4, 0.5) is 5.69 Å². The van der Waals surface area contributed by atoms with Crippen molar-refractivity contribution < 1.29 is 23.9 Å². The summed E-state index contributed by atoms with van der Waals surface area (Å²) in [5.41, 5.74) is 3.79. The van der Waals surface area contributed by atoms with Gasteiger partial charge in [0, 0.05) is 24.2 Å². The Hall–Kier alpha value is -3.16. The zero-order valence-corrected chi connectivity index (χ0v) is 18.7. The number of ketones is 1. The van der Waals surface area contributed by atoms with E-state index in [1.807, 2.05) is 18.5 Å². The number of hydrogen-bond acceptors (Lipinski definition) is 6. The van der Waals surface area contributed by atoms with E-state index in [9.17, 15) is 14.4 Å². The van der Waals surface area contributed by atoms with Crippen molar-refractivity contribution in [2.45, 2.75) is 60.1 Å². The predicted octanol–water partition coefficient (Wildman–Crippen LogP) is 3.23. The van der Waals surface area contributed by atoms with Crippen LogP contribution in [0, 0.1) is 19.8 Å². The van der Waals surface area contributed by atoms with Crippen LogP contribution in [0.5, 0.6) is 5.75 Å². The van der Waals surface area contributed by atoms with Crippen molar-refractivity contribution in [1.82, 2.24) is 9.78 Å². The Morgan fingerprint density at radius 1 is 1.26 bits per heavy atom. The van der Waals surface area contributed by atoms with Crippen LogP contribution in [0.3, 0.4) is 0 Å². The topological polar surface area (TPSA) is 99.5 Å². The molecule has 2 aromatic rings. The number of hydrogen-bond donors (Lipinski definition) is 1. The summed E-state index contributed by atoms with van der Waals surface area (Å²) in [7, 11) is 0. The van der Waals surface area contributed by atoms with Gasteiger partial charge in [-0.25, -0.2) is 0 Å². The highest BCUT2D eigenvalue weighted by Gasteiger charge is 2.23. The molecule has 3 rings (SSSR count). The second-order valence-corrected chi connectivity index (χ2v) is 8.27. The van der Waals surface area contributed by atoms with E-state index in [1.54, 1.807) is 19.1 Å². The number of fused-ring (bicyclic) bond motifs is 1. The van der Waals surface area contributed by atoms with Crippen LogP contribution in [0.2, 0.25) is 0 Å². The molecule has 0 saturated carbocycles. The third-order valence-corrected chi connectivity index (χ3v) is 5.22. The SMILES string of the molecule is Cc1nn(CC(C)C)c(C)c1CCC(=O)OC(C)C(=O)c1ccc2c(c1)NC(=O)CO2. The van der Waals surface area contributed by atoms with Gasteiger partial charge < -0.3 is 14.8 Å². The molecule has 1 aromatic heterocycles. The first-order valence-electron chi connectivity index (χ1n) is 10.5. The fourth-order valence-electron chi connectivity index (χ4n) is 3.63. The molecule has 31 heavy (non-hydrogen) atoms. The molecule has 0 aliphatic carbocycles. The molecule has 0 radical (unpaired) electrons. The molecular formula is C23H29N3O5. The normalized spacial score (nSPS) is 13.9. The monoisotopic (exact) mass is 427 g/mol. The molecule has 1 unspecified atom stereocenters. The Balaban J connectivity index is 1.59. The van der Waals surface area contributed by atoms with Crippen LogP contribution in [-0.4, -0.2) is 40.2 Å². The van der Waals surface area contributed by atoms with Crippen molar-refractivity contribution in [1.29, 1.82) is 0 Å². The highest BCUT2D eigenvalue weighted by Crippen LogP contribution is 2.29. The van der Waals surface area contributed by atoms with Gasteiger partial charge in [0.15, 0.2) is 12.7 Å². The maximum Gasteiger partial charge on any atom is 0.306 e. The van der Waals surface area contributed by atoms with Crippen molar-refractivity contribution in [2.75, 3.05) is 11.9 Å². The van der Waals surface area contributed by atoms with Gasteiger partial charge in [0.1, 0.15) is 5.75 Å². The average Bonchev–Trinajstić information content (AvgIpc) is 2.97. The first-order chi connectivity index (χ1) is 14.7. The Morgan fingerprint density at radius 2 is 2.00 bits per heavy atom. The summed E-state index contributed by atoms with van der Waals surface area (Å²) < 4.78 is 12.6. The number of carbonyl (C=O) groups is 3. The number of carbonyl (C=O) groups excluding carboxylic acids is 3. The van der Waals surface area contributed by atoms with Crippen molar-refractivity contribution in [3.8, 4) is 5.75 Å². The number of benzene rings is 1. The molecule has 1 aliphatic rings. The van der Waals surface area contributed by atoms with Crippen LogP contribution in [0.1, 0.15) is 54.5 Å². The van der Waals surface area contributed by atoms with Crippen LogP contribution >= 0.6 is 0 Å². The summed E-state index contributed by atoms with van der Waals surface area (Å²) in [5.74, 6) is -0.0754. The smallest absolute Gasteiger partial charge is 0.306 e. The Bertz CT molecular complexity index is 1010. The zero-order valence-electron chi connectivity index (χ0n) is 18.7. The van der Waals surface area contributed by atoms with Crippen molar-refractivity contribution in [3.63, 3.8) is 0 Å². The fourth-order valence-corrected chi connectivity index (χ4v) is 3.63. The Labute approximate surface area is 181 Å². The van der Waals surface area contributed by atoms with E-state index in [0.717, 1.165) is 23.5 Å². The number of anilines is 1. The molecule has 166 valence electrons. The lowest BCUT2D eigenvalue weighted by Crippen LogP contribution is -2.27. The Morgan fingerprint density at radius 3 is 2.71 bits per heavy atom. The van der Waals surface area contributed by atoms with Crippen LogP contribution in [-0.2, 0) is 27.3 Å². The number of nitrogens with one attached hydrogen (secondary N) is 1. The van der Waals surface area contributed by atoms with Gasteiger partial charge in [-0.05, 0) is 56.9 Å². The molecule has 8 nitrogen and oxygen atoms in total. The number of esters is 1. The third-order valence-electron chi connectivity index (χ3n) is 5.22. The van der Waals surface area contributed by atoms with Gasteiger partial charge in [-0.1, -0.05) is 13.8 Å². The molecule has 1 aromatic carbocycles. The minimum Gasteiger partial charge on any atom is -0.482 e. The van der Waals surface area contributed by atoms with E-state index < -0.39 is 12.1 Å². The number of rotatable bonds is 8. The molecule has 0 bridgehead atoms. The lowest BCUT2D eigenvalue weighted by molar-refractivity contribution is -0.146. The number of aryl methyl sites for hydroxylation is 1. The standard InChI is InChI=1S/C23H29N3O5/c1-13(2)11-26-15(4)18(14(3)25-26)7-9-22(28)31-16(5)23(29)17-6-8-20-19(10-17)24-21(27)12-30-20/h6,8,10,13,16H,7,9,11-12H2,1-5H3,(H,24,27). The third kappa shape index (κ3) is 5.31. The highest BCUT2D eigenvalue weighted by molar-refractivity contribution is 6.03. The summed E-state index contributed by atoms with van der Waals surface area (Å²) >= 11 is 0. The number of amides is 1. The maximum atomic E-state index is 12.7. The molecule has 0 saturated heterocycles. The number of Topliss-reactive ketones (excluding diaryl/α,β-unsaturated/α-hetero) is 1. The van der Waals surface area contributed by atoms with E-state index in [1.165, 1.54) is 6.07 Å². The molecule has 1 atom stereocenters. The summed E-state index contributed by atoms with van der Waals surface area (Å²) in [5, 5.41) is 7.23. The van der Waals surface area contributed by atoms with Crippen molar-refractivity contribution in [2.24, 2.45) is 5.92 Å². The molecule has 0 spiro atoms. The largest absolute Gasteiger partial charge is 0.482 e. The molecule has 2 heterocycles. The average molecular weight is 428 g/mol. The summed E-state index contributed by atoms with van der Waals surface area (Å²) in [6.45, 7) is 10.5. The van der Waals surface area contributed by atoms with E-state index >= 15 is 0 Å². The number of aromatic nitrogens is 2. The van der Waals surface area contributed by atoms with Crippen molar-refractivity contribution >= 4 is 23.3 Å². The molecule has 1 amide bonds. The van der Waals surface area contributed by atoms with Gasteiger partial charge in [-0.2, -0.15) is 5.10 Å². The van der Waals surface area contributed by atoms with E-state index in [2.05, 4.69) is 24.3 Å². The second kappa shape index (κ2) is 9.32. The van der Waals surface area contributed by atoms with Gasteiger partial charge in [0.2, 0.25) is 5.78 Å². The van der Waals surface area contributed by atoms with Crippen molar-refractivity contribution in [3.05, 3.63) is 40.7 Å². The first kappa shape index (κ1) is 22.5. The molecule has 8 heteroatoms. The highest BCUT2D eigenvalue weighted by atomic mass is 16.5. The molecule has 0 fully saturated rings. The lowest BCUT2D eigenvalue weighted by atomic mass is 10.1. The van der Waals surface area contributed by atoms with E-state index in [0.29, 0.717) is 29.3 Å². The second-order valence-electron chi connectivity index (χ2n) is 8.27. The molecular weight excluding hydrogens is 398 g/mol. The van der Waals surface area contributed by atoms with Gasteiger partial charge in [0.05, 0.1) is 11.4 Å². The van der Waals surface area contributed by atoms with E-state index in [4.69, 9.17) is 9.47 Å². The summed E-state index contributed by atoms with van der Waals surface area (Å²) in [4.78, 5) is 36.5. The quantitative estimate of drug-likeness (QED) is 0.513. The van der Waals surface area contributed by atoms with Crippen LogP contribution < -0.4 is 10.1 Å². The summed E-state index contributed by atoms with van der Waals surface area (Å²) in [6.07, 6.45) is -0.255. The molecule has 1 N–H and O–H groups in total. The lowest BCUT2D eigenvalue weighted by Gasteiger charge is -2.19. The van der Waals surface area contributed by atoms with Gasteiger partial charge in [0.25, 0.3) is 5.91 Å². The maximum absolute atomic E-state index is 12.7. The number of nitrogens with zero attached hydrogens (tertiary/aromatic N) is 2. The van der Waals surface area contributed by atoms with Gasteiger partial charge in [-0.3, -0.25) is 19.1 Å². The summed E-state index contributed by atoms with van der Waals surface area (Å²) in [6, 6.07) is 4.75. The van der Waals surface area contributed by atoms with Gasteiger partial charge in [-0.15, -0.1) is 0 Å². The van der Waals surface area contributed by atoms with Crippen LogP contribution in [0.25, 0.3) is 0 Å². The zero-order chi connectivity index (χ0) is 22.7. The van der Waals surface area contributed by atoms with Crippen LogP contribution in [0.15, 0.2) is 18.2 Å². The number of ether oxygens (including phenoxy) is 2. The van der Waals surface area contributed by atoms with Gasteiger partial charge >= 0.3 is 5.97 Å². The minimum absolute atomic E-state index is 0.0520. The molecule has 1 aliphatic heterocycles. The van der Waals surface area contributed by atoms with E-state index in [-0.39, 0.29) is 24.7 Å².